The molecule has 3 aromatic rings. The van der Waals surface area contributed by atoms with E-state index < -0.39 is 5.97 Å². The van der Waals surface area contributed by atoms with Gasteiger partial charge >= 0.3 is 0 Å². The van der Waals surface area contributed by atoms with E-state index in [0.717, 1.165) is 23.8 Å². The predicted molar refractivity (Wildman–Crippen MR) is 84.9 cm³/mol. The van der Waals surface area contributed by atoms with Gasteiger partial charge in [0.15, 0.2) is 0 Å². The van der Waals surface area contributed by atoms with Crippen LogP contribution in [-0.2, 0) is 4.79 Å². The van der Waals surface area contributed by atoms with E-state index in [0.29, 0.717) is 5.56 Å². The monoisotopic (exact) mass is 314 g/mol. The first-order valence-electron chi connectivity index (χ1n) is 6.65. The molecule has 0 aliphatic carbocycles. The third-order valence-electron chi connectivity index (χ3n) is 2.90. The van der Waals surface area contributed by atoms with Crippen molar-refractivity contribution < 1.29 is 14.3 Å². The van der Waals surface area contributed by atoms with Gasteiger partial charge in [0.2, 0.25) is 0 Å². The smallest absolute Gasteiger partial charge is 0.300 e. The van der Waals surface area contributed by atoms with Crippen molar-refractivity contribution in [3.8, 4) is 11.3 Å². The summed E-state index contributed by atoms with van der Waals surface area (Å²) in [4.78, 5) is 13.4. The highest BCUT2D eigenvalue weighted by Crippen LogP contribution is 2.19. The molecule has 0 bridgehead atoms. The first-order chi connectivity index (χ1) is 10.9. The minimum atomic E-state index is -0.833. The largest absolute Gasteiger partial charge is 0.481 e. The zero-order chi connectivity index (χ0) is 17.0. The molecule has 0 radical (unpaired) electrons. The van der Waals surface area contributed by atoms with Gasteiger partial charge in [-0.3, -0.25) is 10.2 Å². The minimum Gasteiger partial charge on any atom is -0.481 e. The van der Waals surface area contributed by atoms with Crippen LogP contribution in [0, 0.1) is 11.2 Å². The molecule has 6 nitrogen and oxygen atoms in total. The first-order valence-corrected chi connectivity index (χ1v) is 6.65. The summed E-state index contributed by atoms with van der Waals surface area (Å²) in [5, 5.41) is 14.8. The zero-order valence-electron chi connectivity index (χ0n) is 12.3. The number of hydrogen-bond donors (Lipinski definition) is 3. The van der Waals surface area contributed by atoms with Gasteiger partial charge in [0.25, 0.3) is 5.97 Å². The Labute approximate surface area is 131 Å². The molecule has 0 aliphatic rings. The van der Waals surface area contributed by atoms with E-state index in [2.05, 4.69) is 4.98 Å². The van der Waals surface area contributed by atoms with Crippen LogP contribution >= 0.6 is 0 Å². The second kappa shape index (κ2) is 6.69. The number of carboxylic acid groups (broad SMARTS) is 1. The van der Waals surface area contributed by atoms with Gasteiger partial charge in [-0.25, -0.2) is 9.37 Å². The number of halogens is 1. The molecule has 2 heterocycles. The lowest BCUT2D eigenvalue weighted by atomic mass is 10.2. The van der Waals surface area contributed by atoms with Crippen LogP contribution in [0.25, 0.3) is 16.9 Å². The molecule has 23 heavy (non-hydrogen) atoms. The number of amidine groups is 1. The average molecular weight is 314 g/mol. The number of aromatic nitrogens is 2. The summed E-state index contributed by atoms with van der Waals surface area (Å²) >= 11 is 0. The van der Waals surface area contributed by atoms with Crippen molar-refractivity contribution in [1.29, 1.82) is 5.41 Å². The average Bonchev–Trinajstić information content (AvgIpc) is 2.90. The molecule has 4 N–H and O–H groups in total. The molecule has 2 aromatic heterocycles. The Balaban J connectivity index is 0.000000433. The molecule has 7 heteroatoms. The lowest BCUT2D eigenvalue weighted by Crippen LogP contribution is -2.11. The van der Waals surface area contributed by atoms with Gasteiger partial charge in [0.05, 0.1) is 5.69 Å². The summed E-state index contributed by atoms with van der Waals surface area (Å²) in [7, 11) is 0. The molecule has 1 aromatic carbocycles. The number of carboxylic acids is 1. The summed E-state index contributed by atoms with van der Waals surface area (Å²) in [5.41, 5.74) is 8.43. The van der Waals surface area contributed by atoms with Crippen molar-refractivity contribution in [2.45, 2.75) is 6.92 Å². The number of pyridine rings is 1. The number of nitrogens with zero attached hydrogens (tertiary/aromatic N) is 2. The molecule has 0 fully saturated rings. The molecule has 0 saturated carbocycles. The highest BCUT2D eigenvalue weighted by molar-refractivity contribution is 5.94. The second-order valence-corrected chi connectivity index (χ2v) is 4.75. The fraction of sp³-hybridized carbons (Fsp3) is 0.0625. The number of nitrogens with two attached hydrogens (primary N) is 1. The van der Waals surface area contributed by atoms with Crippen LogP contribution in [0.4, 0.5) is 4.39 Å². The van der Waals surface area contributed by atoms with E-state index in [4.69, 9.17) is 21.0 Å². The first kappa shape index (κ1) is 16.2. The van der Waals surface area contributed by atoms with Crippen LogP contribution in [0.5, 0.6) is 0 Å². The number of benzene rings is 1. The maximum Gasteiger partial charge on any atom is 0.300 e. The molecule has 0 unspecified atom stereocenters. The van der Waals surface area contributed by atoms with Gasteiger partial charge in [-0.1, -0.05) is 0 Å². The van der Waals surface area contributed by atoms with E-state index in [1.54, 1.807) is 34.9 Å². The molecule has 3 rings (SSSR count). The fourth-order valence-electron chi connectivity index (χ4n) is 1.91. The maximum atomic E-state index is 12.9. The lowest BCUT2D eigenvalue weighted by molar-refractivity contribution is -0.134. The molecule has 0 saturated heterocycles. The number of imidazole rings is 1. The molecule has 118 valence electrons. The number of fused-ring (bicyclic) bond motifs is 1. The van der Waals surface area contributed by atoms with Crippen molar-refractivity contribution in [2.24, 2.45) is 5.73 Å². The van der Waals surface area contributed by atoms with E-state index >= 15 is 0 Å². The van der Waals surface area contributed by atoms with Crippen LogP contribution < -0.4 is 5.73 Å². The molecular formula is C16H15FN4O2. The Morgan fingerprint density at radius 1 is 1.22 bits per heavy atom. The van der Waals surface area contributed by atoms with E-state index in [1.165, 1.54) is 12.1 Å². The number of carbonyl (C=O) groups is 1. The van der Waals surface area contributed by atoms with Gasteiger partial charge in [0, 0.05) is 30.4 Å². The topological polar surface area (TPSA) is 104 Å². The number of nitrogen functional groups attached to an aromatic ring is 1. The number of hydrogen-bond acceptors (Lipinski definition) is 3. The van der Waals surface area contributed by atoms with Gasteiger partial charge in [-0.2, -0.15) is 0 Å². The normalized spacial score (nSPS) is 10.0. The summed E-state index contributed by atoms with van der Waals surface area (Å²) in [6.07, 6.45) is 3.58. The van der Waals surface area contributed by atoms with Crippen molar-refractivity contribution in [3.63, 3.8) is 0 Å². The minimum absolute atomic E-state index is 0.0129. The third kappa shape index (κ3) is 4.13. The van der Waals surface area contributed by atoms with E-state index in [1.807, 2.05) is 6.20 Å². The number of rotatable bonds is 2. The third-order valence-corrected chi connectivity index (χ3v) is 2.90. The highest BCUT2D eigenvalue weighted by Gasteiger charge is 2.06. The van der Waals surface area contributed by atoms with E-state index in [9.17, 15) is 4.39 Å². The number of nitrogens with one attached hydrogen (secondary N) is 1. The summed E-state index contributed by atoms with van der Waals surface area (Å²) in [5.74, 6) is -1.09. The Morgan fingerprint density at radius 3 is 2.39 bits per heavy atom. The standard InChI is InChI=1S/C14H11FN4.C2H4O2/c15-11-4-1-9(2-5-11)12-8-19-7-10(14(16)17)3-6-13(19)18-12;1-2(3)4/h1-8H,(H3,16,17);1H3,(H,3,4). The Hall–Kier alpha value is -3.22. The van der Waals surface area contributed by atoms with Crippen molar-refractivity contribution >= 4 is 17.5 Å². The maximum absolute atomic E-state index is 12.9. The Bertz CT molecular complexity index is 852. The Morgan fingerprint density at radius 2 is 1.83 bits per heavy atom. The lowest BCUT2D eigenvalue weighted by Gasteiger charge is -1.98. The molecule has 0 amide bonds. The van der Waals surface area contributed by atoms with Crippen LogP contribution in [0.1, 0.15) is 12.5 Å². The molecule has 0 aliphatic heterocycles. The zero-order valence-corrected chi connectivity index (χ0v) is 12.3. The second-order valence-electron chi connectivity index (χ2n) is 4.75. The van der Waals surface area contributed by atoms with Crippen molar-refractivity contribution in [2.75, 3.05) is 0 Å². The van der Waals surface area contributed by atoms with Crippen LogP contribution in [-0.4, -0.2) is 26.3 Å². The van der Waals surface area contributed by atoms with Crippen LogP contribution in [0.3, 0.4) is 0 Å². The predicted octanol–water partition coefficient (Wildman–Crippen LogP) is 2.52. The van der Waals surface area contributed by atoms with Crippen LogP contribution in [0.15, 0.2) is 48.8 Å². The van der Waals surface area contributed by atoms with Gasteiger partial charge in [-0.15, -0.1) is 0 Å². The number of aliphatic carboxylic acids is 1. The highest BCUT2D eigenvalue weighted by atomic mass is 19.1. The summed E-state index contributed by atoms with van der Waals surface area (Å²) in [6.45, 7) is 1.08. The van der Waals surface area contributed by atoms with Crippen molar-refractivity contribution in [3.05, 3.63) is 60.2 Å². The van der Waals surface area contributed by atoms with Gasteiger partial charge in [-0.05, 0) is 36.4 Å². The molecule has 0 spiro atoms. The fourth-order valence-corrected chi connectivity index (χ4v) is 1.91. The van der Waals surface area contributed by atoms with Crippen molar-refractivity contribution in [1.82, 2.24) is 9.38 Å². The van der Waals surface area contributed by atoms with Crippen LogP contribution in [0.2, 0.25) is 0 Å². The van der Waals surface area contributed by atoms with Gasteiger partial charge in [0.1, 0.15) is 17.3 Å². The quantitative estimate of drug-likeness (QED) is 0.499. The summed E-state index contributed by atoms with van der Waals surface area (Å²) in [6, 6.07) is 9.72. The molecule has 0 atom stereocenters. The molecular weight excluding hydrogens is 299 g/mol. The Kier molecular flexibility index (Phi) is 4.70. The SMILES string of the molecule is CC(=O)O.N=C(N)c1ccc2nc(-c3ccc(F)cc3)cn2c1. The van der Waals surface area contributed by atoms with Gasteiger partial charge < -0.3 is 15.2 Å². The summed E-state index contributed by atoms with van der Waals surface area (Å²) < 4.78 is 14.7. The van der Waals surface area contributed by atoms with E-state index in [-0.39, 0.29) is 11.7 Å².